The monoisotopic (exact) mass is 279 g/mol. The molecule has 0 atom stereocenters. The van der Waals surface area contributed by atoms with Gasteiger partial charge in [0.25, 0.3) is 0 Å². The number of aromatic nitrogens is 1. The number of hydrogen-bond donors (Lipinski definition) is 2. The van der Waals surface area contributed by atoms with E-state index in [9.17, 15) is 13.4 Å². The summed E-state index contributed by atoms with van der Waals surface area (Å²) in [7, 11) is 0. The quantitative estimate of drug-likeness (QED) is 0.812. The van der Waals surface area contributed by atoms with Crippen molar-refractivity contribution in [2.24, 2.45) is 0 Å². The SMILES string of the molecule is O=C(O)CCNC1=C2C=CC=[N+]2[B-](F)(F)n2cccc21. The first-order valence-corrected chi connectivity index (χ1v) is 6.21. The zero-order valence-corrected chi connectivity index (χ0v) is 10.5. The first-order valence-electron chi connectivity index (χ1n) is 6.21. The van der Waals surface area contributed by atoms with Crippen molar-refractivity contribution < 1.29 is 23.0 Å². The average molecular weight is 279 g/mol. The summed E-state index contributed by atoms with van der Waals surface area (Å²) < 4.78 is 30.5. The standard InChI is InChI=1S/C12H12BF2N3O2/c14-13(15)17-7-1-3-9(17)12(16-6-5-11(19)20)10-4-2-8-18(10)13/h1-4,7-8,16H,5-6H2,(H,19,20). The van der Waals surface area contributed by atoms with Crippen LogP contribution in [0.5, 0.6) is 0 Å². The zero-order valence-electron chi connectivity index (χ0n) is 10.5. The maximum absolute atomic E-state index is 14.3. The lowest BCUT2D eigenvalue weighted by atomic mass is 9.91. The number of hydrogen-bond acceptors (Lipinski definition) is 2. The molecule has 0 fully saturated rings. The van der Waals surface area contributed by atoms with Gasteiger partial charge in [-0.05, 0) is 18.3 Å². The Balaban J connectivity index is 2.01. The molecule has 0 bridgehead atoms. The molecule has 0 aliphatic carbocycles. The molecule has 8 heteroatoms. The van der Waals surface area contributed by atoms with Crippen molar-refractivity contribution in [2.45, 2.75) is 6.42 Å². The van der Waals surface area contributed by atoms with Crippen molar-refractivity contribution in [1.82, 2.24) is 9.79 Å². The lowest BCUT2D eigenvalue weighted by molar-refractivity contribution is -0.356. The highest BCUT2D eigenvalue weighted by atomic mass is 19.2. The summed E-state index contributed by atoms with van der Waals surface area (Å²) >= 11 is 0. The summed E-state index contributed by atoms with van der Waals surface area (Å²) in [6.07, 6.45) is 5.73. The Morgan fingerprint density at radius 2 is 2.30 bits per heavy atom. The van der Waals surface area contributed by atoms with Gasteiger partial charge in [-0.2, -0.15) is 0 Å². The number of nitrogens with one attached hydrogen (secondary N) is 1. The number of allylic oxidation sites excluding steroid dienone is 2. The van der Waals surface area contributed by atoms with Gasteiger partial charge in [0.15, 0.2) is 5.70 Å². The maximum atomic E-state index is 14.3. The van der Waals surface area contributed by atoms with Crippen molar-refractivity contribution in [2.75, 3.05) is 6.54 Å². The van der Waals surface area contributed by atoms with E-state index in [1.165, 1.54) is 12.4 Å². The van der Waals surface area contributed by atoms with Gasteiger partial charge in [0.2, 0.25) is 0 Å². The second-order valence-electron chi connectivity index (χ2n) is 4.64. The van der Waals surface area contributed by atoms with E-state index >= 15 is 0 Å². The van der Waals surface area contributed by atoms with Crippen LogP contribution in [0.25, 0.3) is 5.70 Å². The minimum Gasteiger partial charge on any atom is -0.481 e. The van der Waals surface area contributed by atoms with Crippen molar-refractivity contribution >= 4 is 24.9 Å². The predicted octanol–water partition coefficient (Wildman–Crippen LogP) is 1.11. The Bertz CT molecular complexity index is 676. The fraction of sp³-hybridized carbons (Fsp3) is 0.167. The molecule has 3 heterocycles. The van der Waals surface area contributed by atoms with Gasteiger partial charge in [0.1, 0.15) is 11.9 Å². The van der Waals surface area contributed by atoms with Gasteiger partial charge in [-0.15, -0.1) is 0 Å². The van der Waals surface area contributed by atoms with Crippen LogP contribution in [0.15, 0.2) is 36.2 Å². The molecule has 0 aromatic carbocycles. The molecule has 5 nitrogen and oxygen atoms in total. The topological polar surface area (TPSA) is 57.3 Å². The third-order valence-corrected chi connectivity index (χ3v) is 3.38. The van der Waals surface area contributed by atoms with E-state index in [4.69, 9.17) is 5.11 Å². The van der Waals surface area contributed by atoms with Gasteiger partial charge < -0.3 is 28.0 Å². The van der Waals surface area contributed by atoms with E-state index in [1.807, 2.05) is 0 Å². The molecule has 20 heavy (non-hydrogen) atoms. The van der Waals surface area contributed by atoms with Crippen molar-refractivity contribution in [3.8, 4) is 0 Å². The van der Waals surface area contributed by atoms with Crippen LogP contribution in [0.3, 0.4) is 0 Å². The van der Waals surface area contributed by atoms with E-state index in [0.717, 1.165) is 8.96 Å². The number of carboxylic acid groups (broad SMARTS) is 1. The fourth-order valence-electron chi connectivity index (χ4n) is 2.49. The van der Waals surface area contributed by atoms with Crippen LogP contribution in [0.2, 0.25) is 0 Å². The smallest absolute Gasteiger partial charge is 0.481 e. The number of carbonyl (C=O) groups is 1. The van der Waals surface area contributed by atoms with Gasteiger partial charge in [-0.1, -0.05) is 0 Å². The molecule has 0 radical (unpaired) electrons. The lowest BCUT2D eigenvalue weighted by Crippen LogP contribution is -2.50. The highest BCUT2D eigenvalue weighted by Crippen LogP contribution is 2.33. The van der Waals surface area contributed by atoms with Crippen LogP contribution >= 0.6 is 0 Å². The van der Waals surface area contributed by atoms with Crippen LogP contribution in [-0.2, 0) is 4.79 Å². The van der Waals surface area contributed by atoms with Gasteiger partial charge in [-0.3, -0.25) is 4.79 Å². The number of fused-ring (bicyclic) bond motifs is 2. The van der Waals surface area contributed by atoms with Crippen molar-refractivity contribution in [3.63, 3.8) is 0 Å². The number of carboxylic acids is 1. The minimum absolute atomic E-state index is 0.0769. The second-order valence-corrected chi connectivity index (χ2v) is 4.64. The zero-order chi connectivity index (χ0) is 14.3. The van der Waals surface area contributed by atoms with E-state index in [-0.39, 0.29) is 13.0 Å². The molecule has 2 aliphatic rings. The van der Waals surface area contributed by atoms with E-state index < -0.39 is 12.9 Å². The van der Waals surface area contributed by atoms with Gasteiger partial charge in [0.05, 0.1) is 6.42 Å². The second kappa shape index (κ2) is 4.33. The predicted molar refractivity (Wildman–Crippen MR) is 70.4 cm³/mol. The summed E-state index contributed by atoms with van der Waals surface area (Å²) in [6, 6.07) is 3.14. The van der Waals surface area contributed by atoms with Crippen LogP contribution in [0.4, 0.5) is 8.63 Å². The average Bonchev–Trinajstić information content (AvgIpc) is 3.02. The van der Waals surface area contributed by atoms with Gasteiger partial charge in [0, 0.05) is 24.4 Å². The Morgan fingerprint density at radius 3 is 3.05 bits per heavy atom. The number of halogens is 2. The van der Waals surface area contributed by atoms with Crippen molar-refractivity contribution in [1.29, 1.82) is 0 Å². The molecule has 0 saturated heterocycles. The fourth-order valence-corrected chi connectivity index (χ4v) is 2.49. The highest BCUT2D eigenvalue weighted by Gasteiger charge is 2.51. The minimum atomic E-state index is -3.89. The molecule has 0 amide bonds. The number of rotatable bonds is 4. The van der Waals surface area contributed by atoms with Crippen LogP contribution in [0, 0.1) is 0 Å². The molecule has 2 aliphatic heterocycles. The molecular weight excluding hydrogens is 267 g/mol. The molecular formula is C12H12BF2N3O2. The molecule has 1 aromatic heterocycles. The Hall–Kier alpha value is -2.38. The molecule has 3 rings (SSSR count). The third kappa shape index (κ3) is 1.76. The van der Waals surface area contributed by atoms with Gasteiger partial charge >= 0.3 is 12.9 Å². The Labute approximate surface area is 113 Å². The van der Waals surface area contributed by atoms with Crippen LogP contribution < -0.4 is 5.32 Å². The highest BCUT2D eigenvalue weighted by molar-refractivity contribution is 6.57. The molecule has 104 valence electrons. The lowest BCUT2D eigenvalue weighted by Gasteiger charge is -2.30. The maximum Gasteiger partial charge on any atom is 0.737 e. The molecule has 0 unspecified atom stereocenters. The Kier molecular flexibility index (Phi) is 2.74. The summed E-state index contributed by atoms with van der Waals surface area (Å²) in [5, 5.41) is 11.6. The summed E-state index contributed by atoms with van der Waals surface area (Å²) in [6.45, 7) is -3.71. The number of aliphatic carboxylic acids is 1. The Morgan fingerprint density at radius 1 is 1.50 bits per heavy atom. The molecule has 2 N–H and O–H groups in total. The van der Waals surface area contributed by atoms with Gasteiger partial charge in [-0.25, -0.2) is 0 Å². The van der Waals surface area contributed by atoms with Crippen LogP contribution in [-0.4, -0.2) is 39.8 Å². The normalized spacial score (nSPS) is 18.6. The van der Waals surface area contributed by atoms with E-state index in [1.54, 1.807) is 24.3 Å². The molecule has 0 saturated carbocycles. The summed E-state index contributed by atoms with van der Waals surface area (Å²) in [4.78, 5) is 10.6. The molecule has 1 aromatic rings. The summed E-state index contributed by atoms with van der Waals surface area (Å²) in [5.41, 5.74) is 1.26. The largest absolute Gasteiger partial charge is 0.737 e. The third-order valence-electron chi connectivity index (χ3n) is 3.38. The first kappa shape index (κ1) is 12.6. The van der Waals surface area contributed by atoms with E-state index in [0.29, 0.717) is 17.1 Å². The van der Waals surface area contributed by atoms with E-state index in [2.05, 4.69) is 5.32 Å². The van der Waals surface area contributed by atoms with Crippen LogP contribution in [0.1, 0.15) is 12.1 Å². The first-order chi connectivity index (χ1) is 9.51. The van der Waals surface area contributed by atoms with Crippen molar-refractivity contribution in [3.05, 3.63) is 41.9 Å². The number of nitrogens with zero attached hydrogens (tertiary/aromatic N) is 2. The molecule has 0 spiro atoms. The summed E-state index contributed by atoms with van der Waals surface area (Å²) in [5.74, 6) is -0.936.